The molecule has 0 aliphatic heterocycles. The second-order valence-electron chi connectivity index (χ2n) is 20.5. The van der Waals surface area contributed by atoms with Crippen LogP contribution in [-0.2, 0) is 38.4 Å². The Bertz CT molecular complexity index is 1720. The molecule has 0 aliphatic rings. The van der Waals surface area contributed by atoms with Crippen LogP contribution in [-0.4, -0.2) is 176 Å². The largest absolute Gasteiger partial charge is 0.480 e. The van der Waals surface area contributed by atoms with E-state index in [1.54, 1.807) is 54.7 Å². The zero-order chi connectivity index (χ0) is 53.3. The van der Waals surface area contributed by atoms with E-state index in [4.69, 9.17) is 11.5 Å². The molecule has 0 aromatic rings. The molecule has 0 unspecified atom stereocenters. The topological polar surface area (TPSA) is 257 Å². The first kappa shape index (κ1) is 63.8. The maximum absolute atomic E-state index is 14.8. The van der Waals surface area contributed by atoms with Crippen molar-refractivity contribution in [2.24, 2.45) is 41.1 Å². The van der Waals surface area contributed by atoms with Gasteiger partial charge < -0.3 is 51.5 Å². The second kappa shape index (κ2) is 29.1. The van der Waals surface area contributed by atoms with Crippen LogP contribution in [0.1, 0.15) is 129 Å². The van der Waals surface area contributed by atoms with Crippen molar-refractivity contribution in [2.45, 2.75) is 182 Å². The lowest BCUT2D eigenvalue weighted by atomic mass is 9.91. The van der Waals surface area contributed by atoms with Gasteiger partial charge in [-0.1, -0.05) is 81.4 Å². The normalized spacial score (nSPS) is 16.1. The van der Waals surface area contributed by atoms with E-state index in [0.717, 1.165) is 21.6 Å². The molecule has 392 valence electrons. The van der Waals surface area contributed by atoms with Gasteiger partial charge in [-0.3, -0.25) is 38.4 Å². The number of primary amides is 1. The molecule has 7 amide bonds. The van der Waals surface area contributed by atoms with Crippen molar-refractivity contribution in [1.29, 1.82) is 0 Å². The molecule has 9 atom stereocenters. The molecule has 18 nitrogen and oxygen atoms in total. The highest BCUT2D eigenvalue weighted by molar-refractivity contribution is 8.00. The second-order valence-corrected chi connectivity index (χ2v) is 22.2. The van der Waals surface area contributed by atoms with E-state index >= 15 is 0 Å². The molecule has 7 N–H and O–H groups in total. The summed E-state index contributed by atoms with van der Waals surface area (Å²) in [5.74, 6) is -6.50. The minimum atomic E-state index is -1.57. The van der Waals surface area contributed by atoms with Crippen LogP contribution in [0.15, 0.2) is 12.2 Å². The third-order valence-corrected chi connectivity index (χ3v) is 14.2. The predicted molar refractivity (Wildman–Crippen MR) is 269 cm³/mol. The number of carbonyl (C=O) groups excluding carboxylic acids is 7. The number of carboxylic acids is 1. The Morgan fingerprint density at radius 1 is 0.691 bits per heavy atom. The maximum atomic E-state index is 14.8. The molecule has 0 radical (unpaired) electrons. The van der Waals surface area contributed by atoms with Gasteiger partial charge in [0.15, 0.2) is 0 Å². The van der Waals surface area contributed by atoms with E-state index in [0.29, 0.717) is 19.3 Å². The summed E-state index contributed by atoms with van der Waals surface area (Å²) in [6, 6.07) is -8.55. The van der Waals surface area contributed by atoms with Crippen LogP contribution >= 0.6 is 11.8 Å². The summed E-state index contributed by atoms with van der Waals surface area (Å²) in [7, 11) is 7.23. The van der Waals surface area contributed by atoms with Crippen molar-refractivity contribution in [2.75, 3.05) is 41.0 Å². The Labute approximate surface area is 412 Å². The lowest BCUT2D eigenvalue weighted by Crippen LogP contribution is -2.63. The Kier molecular flexibility index (Phi) is 27.3. The standard InChI is InChI=1S/C49H90N8O10S/c1-19-21-22-32(11)40(59)39(57(18)47(65)38(31(9)10)56(17)45(63)35(26-30(7)8)53(14)37(58)24-23-28(3)4)43(61)52-33(20-2)44(62)55(16)36(27-68-49(12,13)41(50)48(66)67)46(64)54(15)34(42(51)60)25-29(5)6/h19,21,28-36,38-41,59H,20,22-27,50H2,1-18H3,(H2,51,60)(H,52,61)(H,66,67)/b21-19+/t32-,33+,34+,35+,36-,38+,39+,40-,41+/m1/s1. The van der Waals surface area contributed by atoms with Crippen molar-refractivity contribution < 1.29 is 48.6 Å². The Morgan fingerprint density at radius 3 is 1.62 bits per heavy atom. The number of carbonyl (C=O) groups is 8. The van der Waals surface area contributed by atoms with Crippen LogP contribution in [0.4, 0.5) is 0 Å². The van der Waals surface area contributed by atoms with E-state index < -0.39 is 106 Å². The summed E-state index contributed by atoms with van der Waals surface area (Å²) < 4.78 is -1.13. The Morgan fingerprint density at radius 2 is 1.18 bits per heavy atom. The number of hydrogen-bond acceptors (Lipinski definition) is 11. The van der Waals surface area contributed by atoms with E-state index in [2.05, 4.69) is 5.32 Å². The number of nitrogens with zero attached hydrogens (tertiary/aromatic N) is 5. The van der Waals surface area contributed by atoms with Crippen molar-refractivity contribution >= 4 is 59.1 Å². The molecular weight excluding hydrogens is 893 g/mol. The number of carboxylic acid groups (broad SMARTS) is 1. The zero-order valence-electron chi connectivity index (χ0n) is 44.6. The molecule has 68 heavy (non-hydrogen) atoms. The third-order valence-electron chi connectivity index (χ3n) is 12.7. The third kappa shape index (κ3) is 18.6. The number of thioether (sulfide) groups is 1. The van der Waals surface area contributed by atoms with Gasteiger partial charge in [0.1, 0.15) is 42.3 Å². The monoisotopic (exact) mass is 983 g/mol. The summed E-state index contributed by atoms with van der Waals surface area (Å²) >= 11 is 1.05. The molecule has 0 spiro atoms. The van der Waals surface area contributed by atoms with Crippen molar-refractivity contribution in [3.63, 3.8) is 0 Å². The fourth-order valence-corrected chi connectivity index (χ4v) is 9.17. The molecule has 0 bridgehead atoms. The van der Waals surface area contributed by atoms with Gasteiger partial charge in [0.25, 0.3) is 0 Å². The van der Waals surface area contributed by atoms with Crippen LogP contribution in [0.3, 0.4) is 0 Å². The van der Waals surface area contributed by atoms with E-state index in [9.17, 15) is 48.6 Å². The summed E-state index contributed by atoms with van der Waals surface area (Å²) in [6.07, 6.45) is 3.96. The van der Waals surface area contributed by atoms with Gasteiger partial charge in [0.05, 0.1) is 6.10 Å². The number of aliphatic hydroxyl groups excluding tert-OH is 1. The molecular formula is C49H90N8O10S. The van der Waals surface area contributed by atoms with Crippen molar-refractivity contribution in [3.8, 4) is 0 Å². The van der Waals surface area contributed by atoms with E-state index in [-0.39, 0.29) is 48.7 Å². The molecule has 0 aliphatic carbocycles. The van der Waals surface area contributed by atoms with Crippen LogP contribution in [0.25, 0.3) is 0 Å². The first-order valence-electron chi connectivity index (χ1n) is 24.1. The van der Waals surface area contributed by atoms with Crippen LogP contribution in [0.2, 0.25) is 0 Å². The average Bonchev–Trinajstić information content (AvgIpc) is 3.25. The average molecular weight is 983 g/mol. The highest BCUT2D eigenvalue weighted by Gasteiger charge is 2.45. The number of rotatable bonds is 30. The fourth-order valence-electron chi connectivity index (χ4n) is 7.94. The van der Waals surface area contributed by atoms with E-state index in [1.165, 1.54) is 42.9 Å². The SMILES string of the molecule is C/C=C/C[C@@H](C)[C@@H](O)[C@@H](C(=O)N[C@@H](CC)C(=O)N(C)[C@H](CSC(C)(C)[C@@H](N)C(=O)O)C(=O)N(C)[C@@H](CC(C)C)C(N)=O)N(C)C(=O)[C@H](C(C)C)N(C)C(=O)[C@H](CC(C)C)N(C)C(=O)CCC(C)C. The molecule has 0 fully saturated rings. The molecule has 0 saturated heterocycles. The zero-order valence-corrected chi connectivity index (χ0v) is 45.4. The minimum Gasteiger partial charge on any atom is -0.480 e. The van der Waals surface area contributed by atoms with Crippen molar-refractivity contribution in [3.05, 3.63) is 12.2 Å². The molecule has 0 rings (SSSR count). The number of likely N-dealkylation sites (N-methyl/N-ethyl adjacent to an activating group) is 5. The highest BCUT2D eigenvalue weighted by atomic mass is 32.2. The van der Waals surface area contributed by atoms with Crippen LogP contribution < -0.4 is 16.8 Å². The van der Waals surface area contributed by atoms with Gasteiger partial charge in [-0.2, -0.15) is 11.8 Å². The molecule has 19 heteroatoms. The first-order valence-corrected chi connectivity index (χ1v) is 25.1. The molecule has 0 heterocycles. The molecule has 0 aromatic carbocycles. The number of nitrogens with two attached hydrogens (primary N) is 2. The van der Waals surface area contributed by atoms with E-state index in [1.807, 2.05) is 54.5 Å². The fraction of sp³-hybridized carbons (Fsp3) is 0.796. The molecule has 0 aromatic heterocycles. The van der Waals surface area contributed by atoms with Gasteiger partial charge in [0.2, 0.25) is 41.4 Å². The first-order chi connectivity index (χ1) is 31.2. The minimum absolute atomic E-state index is 0.00650. The van der Waals surface area contributed by atoms with Crippen LogP contribution in [0, 0.1) is 29.6 Å². The number of aliphatic hydroxyl groups is 1. The summed E-state index contributed by atoms with van der Waals surface area (Å²) in [5, 5.41) is 24.4. The van der Waals surface area contributed by atoms with Gasteiger partial charge >= 0.3 is 5.97 Å². The smallest absolute Gasteiger partial charge is 0.321 e. The highest BCUT2D eigenvalue weighted by Crippen LogP contribution is 2.30. The summed E-state index contributed by atoms with van der Waals surface area (Å²) in [6.45, 7) is 23.5. The van der Waals surface area contributed by atoms with Gasteiger partial charge in [-0.05, 0) is 82.5 Å². The lowest BCUT2D eigenvalue weighted by Gasteiger charge is -2.41. The van der Waals surface area contributed by atoms with Crippen LogP contribution in [0.5, 0.6) is 0 Å². The Balaban J connectivity index is 7.33. The number of aliphatic carboxylic acids is 1. The quantitative estimate of drug-likeness (QED) is 0.0648. The number of hydrogen-bond donors (Lipinski definition) is 5. The summed E-state index contributed by atoms with van der Waals surface area (Å²) in [4.78, 5) is 117. The van der Waals surface area contributed by atoms with Gasteiger partial charge in [0, 0.05) is 52.2 Å². The number of nitrogens with one attached hydrogen (secondary N) is 1. The number of amides is 7. The predicted octanol–water partition coefficient (Wildman–Crippen LogP) is 3.57. The maximum Gasteiger partial charge on any atom is 0.321 e. The lowest BCUT2D eigenvalue weighted by molar-refractivity contribution is -0.156. The van der Waals surface area contributed by atoms with Gasteiger partial charge in [-0.15, -0.1) is 0 Å². The summed E-state index contributed by atoms with van der Waals surface area (Å²) in [5.41, 5.74) is 11.8. The Hall–Kier alpha value is -4.23. The van der Waals surface area contributed by atoms with Crippen molar-refractivity contribution in [1.82, 2.24) is 29.8 Å². The molecule has 0 saturated carbocycles. The van der Waals surface area contributed by atoms with Gasteiger partial charge in [-0.25, -0.2) is 0 Å². The number of allylic oxidation sites excluding steroid dienone is 2.